The Morgan fingerprint density at radius 2 is 2.22 bits per heavy atom. The van der Waals surface area contributed by atoms with Crippen LogP contribution in [0.1, 0.15) is 20.3 Å². The van der Waals surface area contributed by atoms with Gasteiger partial charge in [-0.25, -0.2) is 4.98 Å². The molecule has 1 aliphatic rings. The highest BCUT2D eigenvalue weighted by Crippen LogP contribution is 2.33. The summed E-state index contributed by atoms with van der Waals surface area (Å²) >= 11 is 8.22. The topological polar surface area (TPSA) is 41.1 Å². The third-order valence-electron chi connectivity index (χ3n) is 3.09. The molecule has 6 heteroatoms. The lowest BCUT2D eigenvalue weighted by Gasteiger charge is -2.24. The van der Waals surface area contributed by atoms with E-state index in [-0.39, 0.29) is 0 Å². The zero-order chi connectivity index (χ0) is 13.2. The van der Waals surface area contributed by atoms with E-state index in [1.54, 1.807) is 6.20 Å². The van der Waals surface area contributed by atoms with Crippen molar-refractivity contribution >= 4 is 35.1 Å². The Morgan fingerprint density at radius 3 is 2.94 bits per heavy atom. The maximum Gasteiger partial charge on any atom is 0.224 e. The van der Waals surface area contributed by atoms with Crippen LogP contribution >= 0.6 is 23.4 Å². The Bertz CT molecular complexity index is 425. The minimum absolute atomic E-state index is 0.333. The van der Waals surface area contributed by atoms with Gasteiger partial charge in [0, 0.05) is 30.6 Å². The van der Waals surface area contributed by atoms with Gasteiger partial charge in [-0.3, -0.25) is 0 Å². The first-order valence-corrected chi connectivity index (χ1v) is 7.47. The second-order valence-electron chi connectivity index (χ2n) is 4.96. The second kappa shape index (κ2) is 5.53. The van der Waals surface area contributed by atoms with Crippen LogP contribution in [0.2, 0.25) is 5.02 Å². The van der Waals surface area contributed by atoms with E-state index in [0.29, 0.717) is 15.7 Å². The smallest absolute Gasteiger partial charge is 0.224 e. The molecule has 2 rings (SSSR count). The van der Waals surface area contributed by atoms with Crippen molar-refractivity contribution in [3.05, 3.63) is 11.2 Å². The fourth-order valence-corrected chi connectivity index (χ4v) is 3.24. The van der Waals surface area contributed by atoms with Gasteiger partial charge in [0.05, 0.1) is 6.20 Å². The SMILES string of the molecule is CNc1ncc(Cl)c(N2CCSC(C)(C)CC2)n1. The molecule has 0 atom stereocenters. The quantitative estimate of drug-likeness (QED) is 0.905. The van der Waals surface area contributed by atoms with Crippen LogP contribution in [0.3, 0.4) is 0 Å². The lowest BCUT2D eigenvalue weighted by atomic mass is 10.1. The first kappa shape index (κ1) is 13.7. The monoisotopic (exact) mass is 286 g/mol. The number of aromatic nitrogens is 2. The van der Waals surface area contributed by atoms with E-state index in [1.165, 1.54) is 0 Å². The van der Waals surface area contributed by atoms with Gasteiger partial charge in [0.1, 0.15) is 5.02 Å². The molecule has 2 heterocycles. The van der Waals surface area contributed by atoms with Crippen molar-refractivity contribution in [1.82, 2.24) is 9.97 Å². The summed E-state index contributed by atoms with van der Waals surface area (Å²) in [5.41, 5.74) is 0. The first-order valence-electron chi connectivity index (χ1n) is 6.11. The maximum absolute atomic E-state index is 6.21. The molecule has 0 aliphatic carbocycles. The number of nitrogens with zero attached hydrogens (tertiary/aromatic N) is 3. The average Bonchev–Trinajstić information content (AvgIpc) is 2.51. The van der Waals surface area contributed by atoms with E-state index in [0.717, 1.165) is 31.1 Å². The van der Waals surface area contributed by atoms with Gasteiger partial charge >= 0.3 is 0 Å². The molecule has 1 aliphatic heterocycles. The second-order valence-corrected chi connectivity index (χ2v) is 7.17. The molecule has 0 aromatic carbocycles. The summed E-state index contributed by atoms with van der Waals surface area (Å²) in [5.74, 6) is 2.56. The van der Waals surface area contributed by atoms with Crippen molar-refractivity contribution in [2.45, 2.75) is 25.0 Å². The van der Waals surface area contributed by atoms with Gasteiger partial charge in [0.2, 0.25) is 5.95 Å². The summed E-state index contributed by atoms with van der Waals surface area (Å²) in [6.45, 7) is 6.55. The van der Waals surface area contributed by atoms with Gasteiger partial charge in [0.25, 0.3) is 0 Å². The standard InChI is InChI=1S/C12H19ClN4S/c1-12(2)4-5-17(6-7-18-12)10-9(13)8-15-11(14-3)16-10/h8H,4-7H2,1-3H3,(H,14,15,16). The van der Waals surface area contributed by atoms with E-state index in [4.69, 9.17) is 11.6 Å². The number of halogens is 1. The highest BCUT2D eigenvalue weighted by Gasteiger charge is 2.25. The fraction of sp³-hybridized carbons (Fsp3) is 0.667. The Kier molecular flexibility index (Phi) is 4.22. The van der Waals surface area contributed by atoms with Crippen LogP contribution in [0, 0.1) is 0 Å². The van der Waals surface area contributed by atoms with Crippen LogP contribution in [0.4, 0.5) is 11.8 Å². The van der Waals surface area contributed by atoms with Crippen LogP contribution in [-0.4, -0.2) is 40.6 Å². The molecule has 1 aromatic heterocycles. The van der Waals surface area contributed by atoms with Crippen molar-refractivity contribution in [2.24, 2.45) is 0 Å². The lowest BCUT2D eigenvalue weighted by molar-refractivity contribution is 0.635. The molecule has 0 bridgehead atoms. The van der Waals surface area contributed by atoms with Crippen molar-refractivity contribution < 1.29 is 0 Å². The van der Waals surface area contributed by atoms with E-state index in [2.05, 4.69) is 34.0 Å². The van der Waals surface area contributed by atoms with E-state index in [1.807, 2.05) is 18.8 Å². The number of nitrogens with one attached hydrogen (secondary N) is 1. The molecular weight excluding hydrogens is 268 g/mol. The van der Waals surface area contributed by atoms with Gasteiger partial charge < -0.3 is 10.2 Å². The van der Waals surface area contributed by atoms with Crippen molar-refractivity contribution in [2.75, 3.05) is 36.1 Å². The third-order valence-corrected chi connectivity index (χ3v) is 4.73. The summed E-state index contributed by atoms with van der Waals surface area (Å²) in [6.07, 6.45) is 2.80. The van der Waals surface area contributed by atoms with Crippen LogP contribution in [0.5, 0.6) is 0 Å². The third kappa shape index (κ3) is 3.20. The Balaban J connectivity index is 2.20. The predicted octanol–water partition coefficient (Wildman–Crippen LogP) is 2.89. The number of thioether (sulfide) groups is 1. The molecule has 0 radical (unpaired) electrons. The number of anilines is 2. The summed E-state index contributed by atoms with van der Waals surface area (Å²) in [6, 6.07) is 0. The number of hydrogen-bond donors (Lipinski definition) is 1. The normalized spacial score (nSPS) is 19.4. The van der Waals surface area contributed by atoms with Crippen LogP contribution in [-0.2, 0) is 0 Å². The molecule has 0 spiro atoms. The highest BCUT2D eigenvalue weighted by molar-refractivity contribution is 8.00. The van der Waals surface area contributed by atoms with Crippen molar-refractivity contribution in [1.29, 1.82) is 0 Å². The Hall–Kier alpha value is -0.680. The molecule has 0 unspecified atom stereocenters. The lowest BCUT2D eigenvalue weighted by Crippen LogP contribution is -2.28. The van der Waals surface area contributed by atoms with Gasteiger partial charge in [-0.15, -0.1) is 0 Å². The summed E-state index contributed by atoms with van der Waals surface area (Å²) in [4.78, 5) is 10.8. The molecule has 1 fully saturated rings. The minimum Gasteiger partial charge on any atom is -0.357 e. The predicted molar refractivity (Wildman–Crippen MR) is 80.0 cm³/mol. The molecule has 1 aromatic rings. The minimum atomic E-state index is 0.333. The molecule has 0 saturated carbocycles. The number of hydrogen-bond acceptors (Lipinski definition) is 5. The molecule has 0 amide bonds. The van der Waals surface area contributed by atoms with E-state index < -0.39 is 0 Å². The van der Waals surface area contributed by atoms with E-state index in [9.17, 15) is 0 Å². The molecule has 1 N–H and O–H groups in total. The zero-order valence-corrected chi connectivity index (χ0v) is 12.6. The van der Waals surface area contributed by atoms with Gasteiger partial charge in [0.15, 0.2) is 5.82 Å². The zero-order valence-electron chi connectivity index (χ0n) is 11.0. The average molecular weight is 287 g/mol. The van der Waals surface area contributed by atoms with E-state index >= 15 is 0 Å². The largest absolute Gasteiger partial charge is 0.357 e. The van der Waals surface area contributed by atoms with Gasteiger partial charge in [-0.1, -0.05) is 25.4 Å². The summed E-state index contributed by atoms with van der Waals surface area (Å²) in [7, 11) is 1.81. The van der Waals surface area contributed by atoms with Crippen LogP contribution in [0.15, 0.2) is 6.20 Å². The molecular formula is C12H19ClN4S. The molecule has 4 nitrogen and oxygen atoms in total. The summed E-state index contributed by atoms with van der Waals surface area (Å²) < 4.78 is 0.333. The van der Waals surface area contributed by atoms with Gasteiger partial charge in [-0.05, 0) is 6.42 Å². The van der Waals surface area contributed by atoms with Crippen LogP contribution < -0.4 is 10.2 Å². The Labute approximate surface area is 118 Å². The van der Waals surface area contributed by atoms with Crippen molar-refractivity contribution in [3.8, 4) is 0 Å². The fourth-order valence-electron chi connectivity index (χ4n) is 1.93. The number of rotatable bonds is 2. The maximum atomic E-state index is 6.21. The van der Waals surface area contributed by atoms with Crippen LogP contribution in [0.25, 0.3) is 0 Å². The van der Waals surface area contributed by atoms with Crippen molar-refractivity contribution in [3.63, 3.8) is 0 Å². The first-order chi connectivity index (χ1) is 8.52. The Morgan fingerprint density at radius 1 is 1.44 bits per heavy atom. The summed E-state index contributed by atoms with van der Waals surface area (Å²) in [5, 5.41) is 3.58. The van der Waals surface area contributed by atoms with Gasteiger partial charge in [-0.2, -0.15) is 16.7 Å². The molecule has 1 saturated heterocycles. The molecule has 18 heavy (non-hydrogen) atoms. The highest BCUT2D eigenvalue weighted by atomic mass is 35.5. The molecule has 100 valence electrons.